The van der Waals surface area contributed by atoms with E-state index in [1.165, 1.54) is 41.2 Å². The number of pyridine rings is 2. The third kappa shape index (κ3) is 3.17. The van der Waals surface area contributed by atoms with E-state index in [4.69, 9.17) is 11.6 Å². The Balaban J connectivity index is 2.33. The van der Waals surface area contributed by atoms with Crippen molar-refractivity contribution in [2.24, 2.45) is 0 Å². The van der Waals surface area contributed by atoms with Crippen LogP contribution in [0, 0.1) is 0 Å². The topological polar surface area (TPSA) is 81.1 Å². The van der Waals surface area contributed by atoms with E-state index in [1.807, 2.05) is 0 Å². The minimum Gasteiger partial charge on any atom is -0.314 e. The standard InChI is InChI=1S/C12H12ClN3O3S/c1-2-16-8-9(3-6-12(16)17)15-20(18,19)10-4-5-11(13)14-7-10/h3-8,15H,2H2,1H3. The van der Waals surface area contributed by atoms with Crippen LogP contribution in [0.5, 0.6) is 0 Å². The van der Waals surface area contributed by atoms with E-state index >= 15 is 0 Å². The third-order valence-electron chi connectivity index (χ3n) is 2.59. The number of sulfonamides is 1. The summed E-state index contributed by atoms with van der Waals surface area (Å²) in [5.74, 6) is 0. The average molecular weight is 314 g/mol. The van der Waals surface area contributed by atoms with Crippen LogP contribution in [0.15, 0.2) is 46.3 Å². The summed E-state index contributed by atoms with van der Waals surface area (Å²) >= 11 is 5.61. The molecule has 0 aliphatic rings. The van der Waals surface area contributed by atoms with Gasteiger partial charge in [-0.15, -0.1) is 0 Å². The van der Waals surface area contributed by atoms with Crippen LogP contribution in [-0.4, -0.2) is 18.0 Å². The van der Waals surface area contributed by atoms with E-state index in [9.17, 15) is 13.2 Å². The van der Waals surface area contributed by atoms with Gasteiger partial charge in [-0.3, -0.25) is 9.52 Å². The van der Waals surface area contributed by atoms with Crippen LogP contribution < -0.4 is 10.3 Å². The fourth-order valence-electron chi connectivity index (χ4n) is 1.57. The molecule has 2 aromatic rings. The first-order valence-electron chi connectivity index (χ1n) is 5.77. The molecule has 106 valence electrons. The summed E-state index contributed by atoms with van der Waals surface area (Å²) in [6.07, 6.45) is 2.61. The van der Waals surface area contributed by atoms with Crippen molar-refractivity contribution in [1.29, 1.82) is 0 Å². The van der Waals surface area contributed by atoms with E-state index in [0.717, 1.165) is 0 Å². The summed E-state index contributed by atoms with van der Waals surface area (Å²) < 4.78 is 28.0. The molecule has 0 unspecified atom stereocenters. The first kappa shape index (κ1) is 14.5. The van der Waals surface area contributed by atoms with Gasteiger partial charge in [0.2, 0.25) is 0 Å². The molecule has 0 atom stereocenters. The molecular formula is C12H12ClN3O3S. The number of rotatable bonds is 4. The monoisotopic (exact) mass is 313 g/mol. The largest absolute Gasteiger partial charge is 0.314 e. The van der Waals surface area contributed by atoms with Crippen molar-refractivity contribution in [1.82, 2.24) is 9.55 Å². The Kier molecular flexibility index (Phi) is 4.10. The van der Waals surface area contributed by atoms with Gasteiger partial charge < -0.3 is 4.57 Å². The van der Waals surface area contributed by atoms with E-state index in [0.29, 0.717) is 12.2 Å². The fourth-order valence-corrected chi connectivity index (χ4v) is 2.67. The van der Waals surface area contributed by atoms with Gasteiger partial charge >= 0.3 is 0 Å². The Bertz CT molecular complexity index is 769. The second kappa shape index (κ2) is 5.64. The van der Waals surface area contributed by atoms with Crippen LogP contribution in [-0.2, 0) is 16.6 Å². The predicted molar refractivity (Wildman–Crippen MR) is 76.4 cm³/mol. The maximum atomic E-state index is 12.1. The van der Waals surface area contributed by atoms with Gasteiger partial charge in [-0.25, -0.2) is 13.4 Å². The Morgan fingerprint density at radius 2 is 2.05 bits per heavy atom. The molecule has 0 aromatic carbocycles. The van der Waals surface area contributed by atoms with Crippen LogP contribution in [0.3, 0.4) is 0 Å². The summed E-state index contributed by atoms with van der Waals surface area (Å²) in [4.78, 5) is 15.2. The van der Waals surface area contributed by atoms with Crippen molar-refractivity contribution in [3.8, 4) is 0 Å². The molecule has 0 saturated heterocycles. The smallest absolute Gasteiger partial charge is 0.263 e. The van der Waals surface area contributed by atoms with Gasteiger partial charge in [0.25, 0.3) is 15.6 Å². The predicted octanol–water partition coefficient (Wildman–Crippen LogP) is 1.72. The van der Waals surface area contributed by atoms with E-state index in [-0.39, 0.29) is 15.6 Å². The van der Waals surface area contributed by atoms with Crippen molar-refractivity contribution in [3.05, 3.63) is 52.2 Å². The molecule has 0 fully saturated rings. The lowest BCUT2D eigenvalue weighted by Gasteiger charge is -2.09. The first-order valence-corrected chi connectivity index (χ1v) is 7.63. The van der Waals surface area contributed by atoms with E-state index in [1.54, 1.807) is 6.92 Å². The molecule has 0 saturated carbocycles. The van der Waals surface area contributed by atoms with Crippen LogP contribution in [0.1, 0.15) is 6.92 Å². The summed E-state index contributed by atoms with van der Waals surface area (Å²) in [6, 6.07) is 5.47. The highest BCUT2D eigenvalue weighted by atomic mass is 35.5. The Morgan fingerprint density at radius 1 is 1.30 bits per heavy atom. The summed E-state index contributed by atoms with van der Waals surface area (Å²) in [5, 5.41) is 0.212. The molecule has 20 heavy (non-hydrogen) atoms. The van der Waals surface area contributed by atoms with Crippen LogP contribution in [0.2, 0.25) is 5.15 Å². The van der Waals surface area contributed by atoms with E-state index < -0.39 is 10.0 Å². The number of aromatic nitrogens is 2. The molecule has 6 nitrogen and oxygen atoms in total. The lowest BCUT2D eigenvalue weighted by Crippen LogP contribution is -2.20. The second-order valence-corrected chi connectivity index (χ2v) is 6.03. The Hall–Kier alpha value is -1.86. The lowest BCUT2D eigenvalue weighted by molar-refractivity contribution is 0.600. The van der Waals surface area contributed by atoms with Gasteiger partial charge in [0.05, 0.1) is 5.69 Å². The van der Waals surface area contributed by atoms with Crippen molar-refractivity contribution < 1.29 is 8.42 Å². The fraction of sp³-hybridized carbons (Fsp3) is 0.167. The Morgan fingerprint density at radius 3 is 2.65 bits per heavy atom. The maximum Gasteiger partial charge on any atom is 0.263 e. The van der Waals surface area contributed by atoms with Crippen molar-refractivity contribution in [3.63, 3.8) is 0 Å². The van der Waals surface area contributed by atoms with Gasteiger partial charge in [0.1, 0.15) is 10.0 Å². The first-order chi connectivity index (χ1) is 9.42. The molecule has 0 amide bonds. The van der Waals surface area contributed by atoms with E-state index in [2.05, 4.69) is 9.71 Å². The molecule has 0 aliphatic heterocycles. The second-order valence-electron chi connectivity index (χ2n) is 3.96. The molecule has 2 heterocycles. The molecule has 1 N–H and O–H groups in total. The molecule has 0 radical (unpaired) electrons. The minimum absolute atomic E-state index is 0.00357. The highest BCUT2D eigenvalue weighted by molar-refractivity contribution is 7.92. The number of nitrogens with zero attached hydrogens (tertiary/aromatic N) is 2. The zero-order chi connectivity index (χ0) is 14.8. The van der Waals surface area contributed by atoms with Gasteiger partial charge in [-0.1, -0.05) is 11.6 Å². The molecule has 0 spiro atoms. The molecule has 2 rings (SSSR count). The number of nitrogens with one attached hydrogen (secondary N) is 1. The van der Waals surface area contributed by atoms with Crippen molar-refractivity contribution in [2.45, 2.75) is 18.4 Å². The minimum atomic E-state index is -3.75. The molecule has 0 bridgehead atoms. The quantitative estimate of drug-likeness (QED) is 0.871. The summed E-state index contributed by atoms with van der Waals surface area (Å²) in [5.41, 5.74) is 0.116. The van der Waals surface area contributed by atoms with Gasteiger partial charge in [0, 0.05) is 25.0 Å². The number of aryl methyl sites for hydroxylation is 1. The summed E-state index contributed by atoms with van der Waals surface area (Å²) in [6.45, 7) is 2.25. The van der Waals surface area contributed by atoms with Gasteiger partial charge in [-0.05, 0) is 25.1 Å². The van der Waals surface area contributed by atoms with Gasteiger partial charge in [0.15, 0.2) is 0 Å². The van der Waals surface area contributed by atoms with Crippen molar-refractivity contribution in [2.75, 3.05) is 4.72 Å². The lowest BCUT2D eigenvalue weighted by atomic mass is 10.4. The number of halogens is 1. The summed E-state index contributed by atoms with van der Waals surface area (Å²) in [7, 11) is -3.75. The maximum absolute atomic E-state index is 12.1. The third-order valence-corrected chi connectivity index (χ3v) is 4.18. The van der Waals surface area contributed by atoms with Crippen LogP contribution >= 0.6 is 11.6 Å². The zero-order valence-corrected chi connectivity index (χ0v) is 12.1. The zero-order valence-electron chi connectivity index (χ0n) is 10.6. The normalized spacial score (nSPS) is 11.3. The Labute approximate surface area is 121 Å². The average Bonchev–Trinajstić information content (AvgIpc) is 2.41. The van der Waals surface area contributed by atoms with Gasteiger partial charge in [-0.2, -0.15) is 0 Å². The molecular weight excluding hydrogens is 302 g/mol. The highest BCUT2D eigenvalue weighted by Gasteiger charge is 2.15. The highest BCUT2D eigenvalue weighted by Crippen LogP contribution is 2.15. The number of hydrogen-bond acceptors (Lipinski definition) is 4. The van der Waals surface area contributed by atoms with Crippen LogP contribution in [0.25, 0.3) is 0 Å². The number of anilines is 1. The molecule has 0 aliphatic carbocycles. The molecule has 2 aromatic heterocycles. The SMILES string of the molecule is CCn1cc(NS(=O)(=O)c2ccc(Cl)nc2)ccc1=O. The number of hydrogen-bond donors (Lipinski definition) is 1. The van der Waals surface area contributed by atoms with Crippen LogP contribution in [0.4, 0.5) is 5.69 Å². The van der Waals surface area contributed by atoms with Crippen molar-refractivity contribution >= 4 is 27.3 Å². The molecule has 8 heteroatoms.